The fraction of sp³-hybridized carbons (Fsp3) is 0.111. The lowest BCUT2D eigenvalue weighted by Gasteiger charge is -2.09. The van der Waals surface area contributed by atoms with Crippen LogP contribution in [0.2, 0.25) is 0 Å². The maximum Gasteiger partial charge on any atom is 0.261 e. The molecule has 0 unspecified atom stereocenters. The summed E-state index contributed by atoms with van der Waals surface area (Å²) in [6.07, 6.45) is 1.92. The minimum Gasteiger partial charge on any atom is -0.310 e. The summed E-state index contributed by atoms with van der Waals surface area (Å²) in [5.41, 5.74) is 2.15. The van der Waals surface area contributed by atoms with Crippen molar-refractivity contribution in [2.45, 2.75) is 24.3 Å². The van der Waals surface area contributed by atoms with Crippen LogP contribution in [0.3, 0.4) is 0 Å². The number of aryl methyl sites for hydroxylation is 1. The molecule has 0 spiro atoms. The number of nitrogens with zero attached hydrogens (tertiary/aromatic N) is 1. The first kappa shape index (κ1) is 25.2. The van der Waals surface area contributed by atoms with Crippen molar-refractivity contribution in [2.75, 3.05) is 0 Å². The van der Waals surface area contributed by atoms with E-state index in [0.29, 0.717) is 17.5 Å². The summed E-state index contributed by atoms with van der Waals surface area (Å²) in [6.45, 7) is -0.00319. The van der Waals surface area contributed by atoms with Gasteiger partial charge in [-0.25, -0.2) is 22.3 Å². The number of ketones is 1. The highest BCUT2D eigenvalue weighted by Gasteiger charge is 2.14. The number of benzene rings is 3. The quantitative estimate of drug-likeness (QED) is 0.359. The van der Waals surface area contributed by atoms with Crippen molar-refractivity contribution in [1.82, 2.24) is 4.57 Å². The van der Waals surface area contributed by atoms with E-state index in [1.807, 2.05) is 18.2 Å². The van der Waals surface area contributed by atoms with Gasteiger partial charge in [0.1, 0.15) is 0 Å². The van der Waals surface area contributed by atoms with E-state index in [4.69, 9.17) is 5.14 Å². The van der Waals surface area contributed by atoms with Crippen LogP contribution >= 0.6 is 0 Å². The molecular weight excluding hydrogens is 486 g/mol. The molecule has 36 heavy (non-hydrogen) atoms. The highest BCUT2D eigenvalue weighted by atomic mass is 32.2. The summed E-state index contributed by atoms with van der Waals surface area (Å²) in [7, 11) is -3.84. The first-order valence-electron chi connectivity index (χ1n) is 11.0. The summed E-state index contributed by atoms with van der Waals surface area (Å²) in [4.78, 5) is 25.7. The second kappa shape index (κ2) is 10.3. The molecule has 0 saturated heterocycles. The molecule has 4 rings (SSSR count). The van der Waals surface area contributed by atoms with Crippen LogP contribution < -0.4 is 10.7 Å². The normalized spacial score (nSPS) is 11.4. The fourth-order valence-corrected chi connectivity index (χ4v) is 4.42. The minimum atomic E-state index is -3.84. The molecule has 4 aromatic rings. The summed E-state index contributed by atoms with van der Waals surface area (Å²) in [6, 6.07) is 20.0. The molecule has 0 amide bonds. The third kappa shape index (κ3) is 5.81. The standard InChI is InChI=1S/C27H22F2N2O4S/c28-24-11-9-19(15-25(24)29)17-31-13-3-8-23(27(31)33)26(32)12-10-18-4-1-5-20(14-18)21-6-2-7-22(16-21)36(30,34)35/h1-9,11,13-16H,10,12,17H2,(H2,30,34,35). The van der Waals surface area contributed by atoms with Crippen LogP contribution in [0.25, 0.3) is 11.1 Å². The van der Waals surface area contributed by atoms with Gasteiger partial charge >= 0.3 is 0 Å². The van der Waals surface area contributed by atoms with Gasteiger partial charge in [0, 0.05) is 12.6 Å². The first-order chi connectivity index (χ1) is 17.1. The molecule has 0 atom stereocenters. The van der Waals surface area contributed by atoms with E-state index in [9.17, 15) is 26.8 Å². The van der Waals surface area contributed by atoms with Gasteiger partial charge in [-0.3, -0.25) is 9.59 Å². The number of hydrogen-bond donors (Lipinski definition) is 1. The number of aromatic nitrogens is 1. The van der Waals surface area contributed by atoms with Crippen LogP contribution in [-0.4, -0.2) is 18.8 Å². The molecule has 0 saturated carbocycles. The van der Waals surface area contributed by atoms with Gasteiger partial charge in [0.05, 0.1) is 17.0 Å². The van der Waals surface area contributed by atoms with E-state index < -0.39 is 27.2 Å². The van der Waals surface area contributed by atoms with Crippen LogP contribution in [0, 0.1) is 11.6 Å². The molecule has 184 valence electrons. The molecule has 2 N–H and O–H groups in total. The number of carbonyl (C=O) groups excluding carboxylic acids is 1. The van der Waals surface area contributed by atoms with Crippen molar-refractivity contribution < 1.29 is 22.0 Å². The van der Waals surface area contributed by atoms with Crippen LogP contribution in [0.15, 0.2) is 94.7 Å². The molecule has 0 bridgehead atoms. The van der Waals surface area contributed by atoms with Crippen LogP contribution in [-0.2, 0) is 23.0 Å². The summed E-state index contributed by atoms with van der Waals surface area (Å²) in [5, 5.41) is 5.22. The topological polar surface area (TPSA) is 99.2 Å². The van der Waals surface area contributed by atoms with Crippen molar-refractivity contribution in [3.63, 3.8) is 0 Å². The van der Waals surface area contributed by atoms with E-state index in [-0.39, 0.29) is 29.2 Å². The highest BCUT2D eigenvalue weighted by molar-refractivity contribution is 7.89. The van der Waals surface area contributed by atoms with Crippen molar-refractivity contribution in [3.8, 4) is 11.1 Å². The van der Waals surface area contributed by atoms with Gasteiger partial charge in [0.25, 0.3) is 5.56 Å². The monoisotopic (exact) mass is 508 g/mol. The number of rotatable bonds is 8. The molecule has 1 aromatic heterocycles. The first-order valence-corrected chi connectivity index (χ1v) is 12.6. The Hall–Kier alpha value is -3.95. The maximum atomic E-state index is 13.5. The van der Waals surface area contributed by atoms with Crippen LogP contribution in [0.4, 0.5) is 8.78 Å². The van der Waals surface area contributed by atoms with Crippen LogP contribution in [0.1, 0.15) is 27.9 Å². The predicted octanol–water partition coefficient (Wildman–Crippen LogP) is 4.30. The molecule has 1 heterocycles. The Morgan fingerprint density at radius 3 is 2.28 bits per heavy atom. The summed E-state index contributed by atoms with van der Waals surface area (Å²) < 4.78 is 51.3. The average molecular weight is 509 g/mol. The number of halogens is 2. The zero-order valence-corrected chi connectivity index (χ0v) is 19.8. The third-order valence-electron chi connectivity index (χ3n) is 5.72. The smallest absolute Gasteiger partial charge is 0.261 e. The molecule has 0 aliphatic heterocycles. The Morgan fingerprint density at radius 1 is 0.833 bits per heavy atom. The second-order valence-electron chi connectivity index (χ2n) is 8.30. The number of pyridine rings is 1. The average Bonchev–Trinajstić information content (AvgIpc) is 2.86. The zero-order valence-electron chi connectivity index (χ0n) is 19.0. The van der Waals surface area contributed by atoms with Crippen molar-refractivity contribution in [1.29, 1.82) is 0 Å². The Balaban J connectivity index is 1.49. The van der Waals surface area contributed by atoms with E-state index in [2.05, 4.69) is 0 Å². The largest absolute Gasteiger partial charge is 0.310 e. The minimum absolute atomic E-state index is 0.00319. The van der Waals surface area contributed by atoms with Gasteiger partial charge in [-0.1, -0.05) is 42.5 Å². The second-order valence-corrected chi connectivity index (χ2v) is 9.86. The van der Waals surface area contributed by atoms with Gasteiger partial charge in [-0.15, -0.1) is 0 Å². The van der Waals surface area contributed by atoms with Gasteiger partial charge < -0.3 is 4.57 Å². The number of primary sulfonamides is 1. The van der Waals surface area contributed by atoms with E-state index >= 15 is 0 Å². The number of nitrogens with two attached hydrogens (primary N) is 1. The number of Topliss-reactive ketones (excluding diaryl/α,β-unsaturated/α-hetero) is 1. The van der Waals surface area contributed by atoms with Gasteiger partial charge in [0.2, 0.25) is 10.0 Å². The third-order valence-corrected chi connectivity index (χ3v) is 6.63. The SMILES string of the molecule is NS(=O)(=O)c1cccc(-c2cccc(CCC(=O)c3cccn(Cc4ccc(F)c(F)c4)c3=O)c2)c1. The molecular formula is C27H22F2N2O4S. The summed E-state index contributed by atoms with van der Waals surface area (Å²) in [5.74, 6) is -2.33. The molecule has 0 aliphatic carbocycles. The Bertz CT molecular complexity index is 1610. The molecule has 6 nitrogen and oxygen atoms in total. The van der Waals surface area contributed by atoms with Crippen LogP contribution in [0.5, 0.6) is 0 Å². The molecule has 0 aliphatic rings. The lowest BCUT2D eigenvalue weighted by Crippen LogP contribution is -2.26. The lowest BCUT2D eigenvalue weighted by atomic mass is 9.99. The van der Waals surface area contributed by atoms with Gasteiger partial charge in [-0.05, 0) is 65.1 Å². The summed E-state index contributed by atoms with van der Waals surface area (Å²) >= 11 is 0. The molecule has 0 fully saturated rings. The molecule has 0 radical (unpaired) electrons. The molecule has 9 heteroatoms. The number of sulfonamides is 1. The molecule has 3 aromatic carbocycles. The van der Waals surface area contributed by atoms with Gasteiger partial charge in [0.15, 0.2) is 17.4 Å². The van der Waals surface area contributed by atoms with E-state index in [1.165, 1.54) is 35.0 Å². The Morgan fingerprint density at radius 2 is 1.56 bits per heavy atom. The van der Waals surface area contributed by atoms with Crippen molar-refractivity contribution >= 4 is 15.8 Å². The van der Waals surface area contributed by atoms with Crippen molar-refractivity contribution in [3.05, 3.63) is 124 Å². The Kier molecular flexibility index (Phi) is 7.23. The van der Waals surface area contributed by atoms with Gasteiger partial charge in [-0.2, -0.15) is 0 Å². The van der Waals surface area contributed by atoms with E-state index in [1.54, 1.807) is 24.3 Å². The fourth-order valence-electron chi connectivity index (χ4n) is 3.86. The highest BCUT2D eigenvalue weighted by Crippen LogP contribution is 2.23. The van der Waals surface area contributed by atoms with Crippen molar-refractivity contribution in [2.24, 2.45) is 5.14 Å². The Labute approximate surface area is 206 Å². The maximum absolute atomic E-state index is 13.5. The number of carbonyl (C=O) groups is 1. The lowest BCUT2D eigenvalue weighted by molar-refractivity contribution is 0.0980. The predicted molar refractivity (Wildman–Crippen MR) is 132 cm³/mol. The van der Waals surface area contributed by atoms with E-state index in [0.717, 1.165) is 23.3 Å². The number of hydrogen-bond acceptors (Lipinski definition) is 4. The zero-order chi connectivity index (χ0) is 25.9.